The lowest BCUT2D eigenvalue weighted by Crippen LogP contribution is -2.22. The van der Waals surface area contributed by atoms with Gasteiger partial charge in [-0.15, -0.1) is 0 Å². The van der Waals surface area contributed by atoms with Crippen LogP contribution in [0.2, 0.25) is 5.02 Å². The summed E-state index contributed by atoms with van der Waals surface area (Å²) in [7, 11) is 0. The minimum atomic E-state index is 0.592. The molecule has 0 bridgehead atoms. The molecule has 1 nitrogen and oxygen atoms in total. The summed E-state index contributed by atoms with van der Waals surface area (Å²) >= 11 is 6.31. The van der Waals surface area contributed by atoms with Gasteiger partial charge in [-0.25, -0.2) is 0 Å². The van der Waals surface area contributed by atoms with Crippen molar-refractivity contribution in [2.75, 3.05) is 18.0 Å². The first-order valence-electron chi connectivity index (χ1n) is 7.18. The van der Waals surface area contributed by atoms with E-state index in [0.717, 1.165) is 11.6 Å². The molecule has 3 rings (SSSR count). The smallest absolute Gasteiger partial charge is 0.0484 e. The fraction of sp³-hybridized carbons (Fsp3) is 0.412. The van der Waals surface area contributed by atoms with Gasteiger partial charge in [0.05, 0.1) is 0 Å². The monoisotopic (exact) mass is 273 g/mol. The number of nitrogens with zero attached hydrogens (tertiary/aromatic N) is 1. The molecule has 0 radical (unpaired) electrons. The van der Waals surface area contributed by atoms with Gasteiger partial charge in [0.1, 0.15) is 0 Å². The van der Waals surface area contributed by atoms with Gasteiger partial charge in [-0.2, -0.15) is 0 Å². The van der Waals surface area contributed by atoms with Gasteiger partial charge in [0.2, 0.25) is 0 Å². The third-order valence-corrected chi connectivity index (χ3v) is 4.47. The predicted molar refractivity (Wildman–Crippen MR) is 84.5 cm³/mol. The van der Waals surface area contributed by atoms with Crippen molar-refractivity contribution < 1.29 is 0 Å². The van der Waals surface area contributed by atoms with Crippen LogP contribution in [0, 0.1) is 0 Å². The van der Waals surface area contributed by atoms with Crippen LogP contribution in [-0.4, -0.2) is 13.1 Å². The average molecular weight is 274 g/mol. The Morgan fingerprint density at radius 2 is 2.05 bits per heavy atom. The number of hydrogen-bond donors (Lipinski definition) is 0. The van der Waals surface area contributed by atoms with Crippen LogP contribution in [0.25, 0.3) is 10.8 Å². The van der Waals surface area contributed by atoms with E-state index >= 15 is 0 Å². The number of fused-ring (bicyclic) bond motifs is 3. The van der Waals surface area contributed by atoms with E-state index in [-0.39, 0.29) is 0 Å². The van der Waals surface area contributed by atoms with Gasteiger partial charge in [-0.1, -0.05) is 50.1 Å². The largest absolute Gasteiger partial charge is 0.371 e. The molecule has 1 aliphatic heterocycles. The molecule has 0 aliphatic carbocycles. The van der Waals surface area contributed by atoms with Gasteiger partial charge in [0, 0.05) is 35.1 Å². The van der Waals surface area contributed by atoms with Crippen molar-refractivity contribution in [3.63, 3.8) is 0 Å². The van der Waals surface area contributed by atoms with Crippen LogP contribution < -0.4 is 4.90 Å². The van der Waals surface area contributed by atoms with Crippen LogP contribution in [-0.2, 0) is 0 Å². The third-order valence-electron chi connectivity index (χ3n) is 4.14. The summed E-state index contributed by atoms with van der Waals surface area (Å²) < 4.78 is 0. The van der Waals surface area contributed by atoms with Crippen molar-refractivity contribution in [1.82, 2.24) is 0 Å². The number of hydrogen-bond acceptors (Lipinski definition) is 1. The minimum absolute atomic E-state index is 0.592. The van der Waals surface area contributed by atoms with Gasteiger partial charge in [0.25, 0.3) is 0 Å². The van der Waals surface area contributed by atoms with Gasteiger partial charge in [-0.05, 0) is 29.5 Å². The van der Waals surface area contributed by atoms with Gasteiger partial charge in [-0.3, -0.25) is 0 Å². The summed E-state index contributed by atoms with van der Waals surface area (Å²) in [6.07, 6.45) is 2.51. The predicted octanol–water partition coefficient (Wildman–Crippen LogP) is 5.22. The molecule has 2 aromatic carbocycles. The van der Waals surface area contributed by atoms with E-state index in [1.54, 1.807) is 0 Å². The molecule has 100 valence electrons. The second-order valence-corrected chi connectivity index (χ2v) is 5.94. The normalized spacial score (nSPS) is 18.1. The van der Waals surface area contributed by atoms with Crippen LogP contribution in [0.4, 0.5) is 5.69 Å². The third kappa shape index (κ3) is 2.10. The first kappa shape index (κ1) is 12.8. The Balaban J connectivity index is 2.12. The quantitative estimate of drug-likeness (QED) is 0.741. The average Bonchev–Trinajstić information content (AvgIpc) is 2.74. The van der Waals surface area contributed by atoms with E-state index in [2.05, 4.69) is 43.0 Å². The van der Waals surface area contributed by atoms with Crippen molar-refractivity contribution >= 4 is 28.1 Å². The molecule has 1 atom stereocenters. The second-order valence-electron chi connectivity index (χ2n) is 5.53. The van der Waals surface area contributed by atoms with Crippen molar-refractivity contribution in [1.29, 1.82) is 0 Å². The Hall–Kier alpha value is -1.21. The first-order chi connectivity index (χ1) is 9.22. The molecule has 1 unspecified atom stereocenters. The highest BCUT2D eigenvalue weighted by Crippen LogP contribution is 2.42. The maximum Gasteiger partial charge on any atom is 0.0484 e. The molecule has 0 saturated carbocycles. The molecule has 1 aliphatic rings. The molecule has 0 fully saturated rings. The molecular formula is C17H20ClN. The highest BCUT2D eigenvalue weighted by atomic mass is 35.5. The van der Waals surface area contributed by atoms with Crippen LogP contribution in [0.3, 0.4) is 0 Å². The number of rotatable bonds is 3. The number of unbranched alkanes of at least 4 members (excludes halogenated alkanes) is 1. The Labute approximate surface area is 120 Å². The van der Waals surface area contributed by atoms with E-state index in [1.807, 2.05) is 6.07 Å². The van der Waals surface area contributed by atoms with Crippen molar-refractivity contribution in [2.24, 2.45) is 0 Å². The zero-order chi connectivity index (χ0) is 13.4. The molecule has 2 aromatic rings. The van der Waals surface area contributed by atoms with Gasteiger partial charge < -0.3 is 4.90 Å². The van der Waals surface area contributed by atoms with Crippen molar-refractivity contribution in [3.05, 3.63) is 40.9 Å². The van der Waals surface area contributed by atoms with Gasteiger partial charge in [0.15, 0.2) is 0 Å². The maximum atomic E-state index is 6.31. The van der Waals surface area contributed by atoms with Crippen LogP contribution >= 0.6 is 11.6 Å². The molecule has 0 spiro atoms. The summed E-state index contributed by atoms with van der Waals surface area (Å²) in [5, 5.41) is 3.38. The number of anilines is 1. The minimum Gasteiger partial charge on any atom is -0.371 e. The van der Waals surface area contributed by atoms with Crippen molar-refractivity contribution in [2.45, 2.75) is 32.6 Å². The topological polar surface area (TPSA) is 3.24 Å². The summed E-state index contributed by atoms with van der Waals surface area (Å²) in [5.74, 6) is 0.592. The number of halogens is 1. The molecule has 0 N–H and O–H groups in total. The highest BCUT2D eigenvalue weighted by molar-refractivity contribution is 6.35. The lowest BCUT2D eigenvalue weighted by atomic mass is 9.96. The summed E-state index contributed by atoms with van der Waals surface area (Å²) in [6, 6.07) is 10.7. The zero-order valence-electron chi connectivity index (χ0n) is 11.6. The Morgan fingerprint density at radius 3 is 2.84 bits per heavy atom. The Kier molecular flexibility index (Phi) is 3.40. The Bertz CT molecular complexity index is 605. The zero-order valence-corrected chi connectivity index (χ0v) is 12.4. The first-order valence-corrected chi connectivity index (χ1v) is 7.56. The molecule has 0 saturated heterocycles. The molecule has 1 heterocycles. The van der Waals surface area contributed by atoms with Crippen LogP contribution in [0.15, 0.2) is 30.3 Å². The standard InChI is InChI=1S/C17H20ClN/c1-3-4-10-19-11-12(2)17-14-6-5-7-15(18)13(14)8-9-16(17)19/h5-9,12H,3-4,10-11H2,1-2H3. The molecule has 0 aromatic heterocycles. The van der Waals surface area contributed by atoms with Gasteiger partial charge >= 0.3 is 0 Å². The molecule has 19 heavy (non-hydrogen) atoms. The van der Waals surface area contributed by atoms with Crippen molar-refractivity contribution in [3.8, 4) is 0 Å². The van der Waals surface area contributed by atoms with E-state index in [4.69, 9.17) is 11.6 Å². The van der Waals surface area contributed by atoms with E-state index in [9.17, 15) is 0 Å². The summed E-state index contributed by atoms with van der Waals surface area (Å²) in [6.45, 7) is 6.88. The van der Waals surface area contributed by atoms with E-state index in [0.29, 0.717) is 5.92 Å². The second kappa shape index (κ2) is 5.05. The summed E-state index contributed by atoms with van der Waals surface area (Å²) in [5.41, 5.74) is 2.90. The van der Waals surface area contributed by atoms with E-state index < -0.39 is 0 Å². The van der Waals surface area contributed by atoms with E-state index in [1.165, 1.54) is 41.4 Å². The summed E-state index contributed by atoms with van der Waals surface area (Å²) in [4.78, 5) is 2.53. The maximum absolute atomic E-state index is 6.31. The van der Waals surface area contributed by atoms with Crippen LogP contribution in [0.5, 0.6) is 0 Å². The van der Waals surface area contributed by atoms with Crippen LogP contribution in [0.1, 0.15) is 38.2 Å². The molecule has 2 heteroatoms. The lowest BCUT2D eigenvalue weighted by molar-refractivity contribution is 0.700. The fourth-order valence-electron chi connectivity index (χ4n) is 3.21. The Morgan fingerprint density at radius 1 is 1.21 bits per heavy atom. The molecular weight excluding hydrogens is 254 g/mol. The number of benzene rings is 2. The fourth-order valence-corrected chi connectivity index (χ4v) is 3.44. The molecule has 0 amide bonds. The highest BCUT2D eigenvalue weighted by Gasteiger charge is 2.26. The SMILES string of the molecule is CCCCN1CC(C)c2c1ccc1c(Cl)cccc21. The lowest BCUT2D eigenvalue weighted by Gasteiger charge is -2.19.